The van der Waals surface area contributed by atoms with Crippen molar-refractivity contribution in [1.82, 2.24) is 0 Å². The minimum Gasteiger partial charge on any atom is -0.494 e. The number of hydrogen-bond acceptors (Lipinski definition) is 5. The normalized spacial score (nSPS) is 10.9. The number of nitro benzene ring substituents is 1. The van der Waals surface area contributed by atoms with Gasteiger partial charge in [-0.15, -0.1) is 0 Å². The molecule has 0 aliphatic rings. The molecule has 0 aliphatic carbocycles. The van der Waals surface area contributed by atoms with E-state index in [-0.39, 0.29) is 5.69 Å². The number of nitrogens with zero attached hydrogens (tertiary/aromatic N) is 2. The number of hydrogen-bond donors (Lipinski definition) is 0. The fourth-order valence-electron chi connectivity index (χ4n) is 2.19. The molecule has 0 N–H and O–H groups in total. The fourth-order valence-corrected chi connectivity index (χ4v) is 2.19. The second-order valence-corrected chi connectivity index (χ2v) is 4.94. The number of methoxy groups -OCH3 is 1. The van der Waals surface area contributed by atoms with E-state index in [1.165, 1.54) is 12.1 Å². The quantitative estimate of drug-likeness (QED) is 0.390. The summed E-state index contributed by atoms with van der Waals surface area (Å²) in [6.07, 6.45) is 1.60. The van der Waals surface area contributed by atoms with Crippen LogP contribution in [0.25, 0.3) is 11.3 Å². The number of ether oxygens (including phenoxy) is 1. The van der Waals surface area contributed by atoms with Gasteiger partial charge in [-0.25, -0.2) is 4.99 Å². The Labute approximate surface area is 138 Å². The van der Waals surface area contributed by atoms with Crippen LogP contribution in [-0.4, -0.2) is 18.2 Å². The van der Waals surface area contributed by atoms with Crippen LogP contribution in [0.3, 0.4) is 0 Å². The van der Waals surface area contributed by atoms with Crippen molar-refractivity contribution in [3.8, 4) is 17.1 Å². The van der Waals surface area contributed by atoms with Gasteiger partial charge in [-0.05, 0) is 36.4 Å². The minimum atomic E-state index is -0.433. The molecule has 0 spiro atoms. The molecule has 1 aromatic heterocycles. The highest BCUT2D eigenvalue weighted by molar-refractivity contribution is 5.80. The van der Waals surface area contributed by atoms with E-state index < -0.39 is 4.92 Å². The van der Waals surface area contributed by atoms with Crippen molar-refractivity contribution in [2.24, 2.45) is 4.99 Å². The van der Waals surface area contributed by atoms with Crippen molar-refractivity contribution >= 4 is 17.6 Å². The highest BCUT2D eigenvalue weighted by atomic mass is 16.6. The molecule has 0 amide bonds. The number of furan rings is 1. The number of non-ortho nitro benzene ring substituents is 1. The molecule has 0 fully saturated rings. The van der Waals surface area contributed by atoms with Crippen molar-refractivity contribution in [2.45, 2.75) is 0 Å². The Bertz CT molecular complexity index is 882. The van der Waals surface area contributed by atoms with Crippen LogP contribution in [0.2, 0.25) is 0 Å². The second kappa shape index (κ2) is 6.78. The van der Waals surface area contributed by atoms with Crippen LogP contribution in [0.4, 0.5) is 11.4 Å². The Morgan fingerprint density at radius 1 is 1.08 bits per heavy atom. The van der Waals surface area contributed by atoms with Crippen LogP contribution >= 0.6 is 0 Å². The largest absolute Gasteiger partial charge is 0.494 e. The van der Waals surface area contributed by atoms with Gasteiger partial charge in [0.25, 0.3) is 5.69 Å². The maximum Gasteiger partial charge on any atom is 0.269 e. The minimum absolute atomic E-state index is 0.0447. The van der Waals surface area contributed by atoms with Crippen molar-refractivity contribution in [1.29, 1.82) is 0 Å². The first-order chi connectivity index (χ1) is 11.7. The van der Waals surface area contributed by atoms with Crippen molar-refractivity contribution in [2.75, 3.05) is 7.11 Å². The van der Waals surface area contributed by atoms with Crippen LogP contribution in [0.5, 0.6) is 5.75 Å². The van der Waals surface area contributed by atoms with Crippen LogP contribution in [-0.2, 0) is 0 Å². The average Bonchev–Trinajstić information content (AvgIpc) is 3.09. The van der Waals surface area contributed by atoms with Gasteiger partial charge in [-0.2, -0.15) is 0 Å². The lowest BCUT2D eigenvalue weighted by Gasteiger charge is -2.02. The molecule has 0 saturated heterocycles. The van der Waals surface area contributed by atoms with Crippen molar-refractivity contribution in [3.05, 3.63) is 76.5 Å². The Kier molecular flexibility index (Phi) is 4.38. The first-order valence-electron chi connectivity index (χ1n) is 7.19. The maximum absolute atomic E-state index is 10.7. The molecular weight excluding hydrogens is 308 g/mol. The first kappa shape index (κ1) is 15.5. The smallest absolute Gasteiger partial charge is 0.269 e. The molecule has 120 valence electrons. The van der Waals surface area contributed by atoms with E-state index >= 15 is 0 Å². The van der Waals surface area contributed by atoms with E-state index in [9.17, 15) is 10.1 Å². The summed E-state index contributed by atoms with van der Waals surface area (Å²) in [4.78, 5) is 14.6. The Morgan fingerprint density at radius 3 is 2.54 bits per heavy atom. The zero-order chi connectivity index (χ0) is 16.9. The lowest BCUT2D eigenvalue weighted by Crippen LogP contribution is -1.86. The summed E-state index contributed by atoms with van der Waals surface area (Å²) < 4.78 is 10.9. The summed E-state index contributed by atoms with van der Waals surface area (Å²) in [5.74, 6) is 1.87. The third-order valence-electron chi connectivity index (χ3n) is 3.41. The molecule has 6 nitrogen and oxygen atoms in total. The van der Waals surface area contributed by atoms with Gasteiger partial charge in [0.2, 0.25) is 0 Å². The van der Waals surface area contributed by atoms with E-state index in [4.69, 9.17) is 9.15 Å². The molecule has 0 saturated carbocycles. The topological polar surface area (TPSA) is 77.9 Å². The molecule has 0 atom stereocenters. The zero-order valence-corrected chi connectivity index (χ0v) is 12.9. The van der Waals surface area contributed by atoms with Crippen LogP contribution < -0.4 is 4.74 Å². The first-order valence-corrected chi connectivity index (χ1v) is 7.19. The number of aliphatic imine (C=N–C) groups is 1. The SMILES string of the molecule is COc1ccccc1N=Cc1ccc(-c2ccc([N+](=O)[O-])cc2)o1. The predicted octanol–water partition coefficient (Wildman–Crippen LogP) is 4.61. The second-order valence-electron chi connectivity index (χ2n) is 4.94. The van der Waals surface area contributed by atoms with E-state index in [0.29, 0.717) is 23.0 Å². The summed E-state index contributed by atoms with van der Waals surface area (Å²) in [5, 5.41) is 10.7. The number of para-hydroxylation sites is 2. The van der Waals surface area contributed by atoms with Crippen LogP contribution in [0.15, 0.2) is 70.1 Å². The molecule has 0 bridgehead atoms. The van der Waals surface area contributed by atoms with Gasteiger partial charge in [0.15, 0.2) is 0 Å². The summed E-state index contributed by atoms with van der Waals surface area (Å²) in [5.41, 5.74) is 1.51. The lowest BCUT2D eigenvalue weighted by atomic mass is 10.1. The van der Waals surface area contributed by atoms with Crippen molar-refractivity contribution < 1.29 is 14.1 Å². The highest BCUT2D eigenvalue weighted by Gasteiger charge is 2.08. The van der Waals surface area contributed by atoms with Gasteiger partial charge in [-0.1, -0.05) is 12.1 Å². The van der Waals surface area contributed by atoms with Gasteiger partial charge in [-0.3, -0.25) is 10.1 Å². The van der Waals surface area contributed by atoms with Gasteiger partial charge in [0.05, 0.1) is 18.2 Å². The van der Waals surface area contributed by atoms with Crippen LogP contribution in [0, 0.1) is 10.1 Å². The summed E-state index contributed by atoms with van der Waals surface area (Å²) in [7, 11) is 1.59. The van der Waals surface area contributed by atoms with Crippen molar-refractivity contribution in [3.63, 3.8) is 0 Å². The molecule has 6 heteroatoms. The van der Waals surface area contributed by atoms with Crippen LogP contribution in [0.1, 0.15) is 5.76 Å². The maximum atomic E-state index is 10.7. The number of benzene rings is 2. The zero-order valence-electron chi connectivity index (χ0n) is 12.9. The molecule has 0 aliphatic heterocycles. The standard InChI is InChI=1S/C18H14N2O4/c1-23-18-5-3-2-4-16(18)19-12-15-10-11-17(24-15)13-6-8-14(9-7-13)20(21)22/h2-12H,1H3. The van der Waals surface area contributed by atoms with E-state index in [1.54, 1.807) is 37.6 Å². The van der Waals surface area contributed by atoms with E-state index in [2.05, 4.69) is 4.99 Å². The predicted molar refractivity (Wildman–Crippen MR) is 91.0 cm³/mol. The molecular formula is C18H14N2O4. The summed E-state index contributed by atoms with van der Waals surface area (Å²) >= 11 is 0. The molecule has 24 heavy (non-hydrogen) atoms. The molecule has 0 radical (unpaired) electrons. The fraction of sp³-hybridized carbons (Fsp3) is 0.0556. The third kappa shape index (κ3) is 3.33. The Balaban J connectivity index is 1.80. The van der Waals surface area contributed by atoms with Gasteiger partial charge in [0, 0.05) is 17.7 Å². The number of nitro groups is 1. The van der Waals surface area contributed by atoms with Gasteiger partial charge in [0.1, 0.15) is 23.0 Å². The Hall–Kier alpha value is -3.41. The van der Waals surface area contributed by atoms with Gasteiger partial charge >= 0.3 is 0 Å². The monoisotopic (exact) mass is 322 g/mol. The molecule has 1 heterocycles. The molecule has 3 aromatic rings. The Morgan fingerprint density at radius 2 is 1.83 bits per heavy atom. The molecule has 3 rings (SSSR count). The molecule has 2 aromatic carbocycles. The van der Waals surface area contributed by atoms with E-state index in [1.807, 2.05) is 24.3 Å². The van der Waals surface area contributed by atoms with E-state index in [0.717, 1.165) is 5.56 Å². The summed E-state index contributed by atoms with van der Waals surface area (Å²) in [6, 6.07) is 17.2. The number of rotatable bonds is 5. The average molecular weight is 322 g/mol. The third-order valence-corrected chi connectivity index (χ3v) is 3.41. The highest BCUT2D eigenvalue weighted by Crippen LogP contribution is 2.27. The van der Waals surface area contributed by atoms with Gasteiger partial charge < -0.3 is 9.15 Å². The molecule has 0 unspecified atom stereocenters. The lowest BCUT2D eigenvalue weighted by molar-refractivity contribution is -0.384. The summed E-state index contributed by atoms with van der Waals surface area (Å²) in [6.45, 7) is 0.